The van der Waals surface area contributed by atoms with Crippen molar-refractivity contribution in [2.24, 2.45) is 5.73 Å². The molecule has 0 radical (unpaired) electrons. The minimum atomic E-state index is -0.544. The number of aromatic nitrogens is 1. The van der Waals surface area contributed by atoms with Crippen LogP contribution in [0.4, 0.5) is 17.1 Å². The van der Waals surface area contributed by atoms with Crippen LogP contribution < -0.4 is 16.8 Å². The van der Waals surface area contributed by atoms with Gasteiger partial charge in [0, 0.05) is 11.9 Å². The SMILES string of the molecule is C=Cc1ccccc1Nc1ccnc2sc(C(N)=O)c(N)c12. The van der Waals surface area contributed by atoms with Crippen molar-refractivity contribution in [2.75, 3.05) is 11.1 Å². The van der Waals surface area contributed by atoms with Crippen molar-refractivity contribution < 1.29 is 4.79 Å². The van der Waals surface area contributed by atoms with Crippen LogP contribution in [-0.2, 0) is 0 Å². The van der Waals surface area contributed by atoms with Crippen LogP contribution in [-0.4, -0.2) is 10.9 Å². The van der Waals surface area contributed by atoms with E-state index in [-0.39, 0.29) is 0 Å². The lowest BCUT2D eigenvalue weighted by atomic mass is 10.1. The third-order valence-corrected chi connectivity index (χ3v) is 4.43. The second kappa shape index (κ2) is 5.50. The molecule has 0 unspecified atom stereocenters. The summed E-state index contributed by atoms with van der Waals surface area (Å²) in [6, 6.07) is 9.59. The van der Waals surface area contributed by atoms with E-state index in [0.717, 1.165) is 16.9 Å². The number of carbonyl (C=O) groups excluding carboxylic acids is 1. The minimum absolute atomic E-state index is 0.328. The van der Waals surface area contributed by atoms with Gasteiger partial charge in [0.25, 0.3) is 5.91 Å². The van der Waals surface area contributed by atoms with Gasteiger partial charge in [-0.3, -0.25) is 4.79 Å². The van der Waals surface area contributed by atoms with Crippen LogP contribution in [0, 0.1) is 0 Å². The van der Waals surface area contributed by atoms with Gasteiger partial charge in [-0.25, -0.2) is 4.98 Å². The molecule has 3 aromatic rings. The molecule has 0 saturated heterocycles. The molecule has 0 atom stereocenters. The molecule has 5 nitrogen and oxygen atoms in total. The first-order valence-electron chi connectivity index (χ1n) is 6.57. The zero-order chi connectivity index (χ0) is 15.7. The largest absolute Gasteiger partial charge is 0.397 e. The highest BCUT2D eigenvalue weighted by Crippen LogP contribution is 2.38. The number of carbonyl (C=O) groups is 1. The number of anilines is 3. The van der Waals surface area contributed by atoms with Gasteiger partial charge in [0.15, 0.2) is 0 Å². The standard InChI is InChI=1S/C16H14N4OS/c1-2-9-5-3-4-6-10(9)20-11-7-8-19-16-12(11)13(17)14(22-16)15(18)21/h2-8H,1,17H2,(H2,18,21)(H,19,20). The molecule has 0 bridgehead atoms. The second-order valence-corrected chi connectivity index (χ2v) is 5.66. The summed E-state index contributed by atoms with van der Waals surface area (Å²) >= 11 is 1.20. The highest BCUT2D eigenvalue weighted by Gasteiger charge is 2.17. The summed E-state index contributed by atoms with van der Waals surface area (Å²) in [5, 5.41) is 4.03. The van der Waals surface area contributed by atoms with E-state index in [1.807, 2.05) is 30.3 Å². The van der Waals surface area contributed by atoms with Gasteiger partial charge < -0.3 is 16.8 Å². The zero-order valence-electron chi connectivity index (χ0n) is 11.7. The Bertz CT molecular complexity index is 885. The van der Waals surface area contributed by atoms with Crippen LogP contribution in [0.2, 0.25) is 0 Å². The van der Waals surface area contributed by atoms with Gasteiger partial charge in [0.2, 0.25) is 0 Å². The van der Waals surface area contributed by atoms with Crippen molar-refractivity contribution in [1.29, 1.82) is 0 Å². The van der Waals surface area contributed by atoms with E-state index in [2.05, 4.69) is 16.9 Å². The number of primary amides is 1. The third-order valence-electron chi connectivity index (χ3n) is 3.30. The van der Waals surface area contributed by atoms with E-state index < -0.39 is 5.91 Å². The van der Waals surface area contributed by atoms with Crippen molar-refractivity contribution in [3.8, 4) is 0 Å². The first kappa shape index (κ1) is 14.1. The highest BCUT2D eigenvalue weighted by molar-refractivity contribution is 7.21. The number of amides is 1. The molecule has 22 heavy (non-hydrogen) atoms. The molecule has 0 saturated carbocycles. The molecule has 3 rings (SSSR count). The molecule has 6 heteroatoms. The number of nitrogens with zero attached hydrogens (tertiary/aromatic N) is 1. The second-order valence-electron chi connectivity index (χ2n) is 4.66. The fourth-order valence-corrected chi connectivity index (χ4v) is 3.21. The van der Waals surface area contributed by atoms with Crippen molar-refractivity contribution in [3.63, 3.8) is 0 Å². The van der Waals surface area contributed by atoms with E-state index >= 15 is 0 Å². The van der Waals surface area contributed by atoms with Gasteiger partial charge in [-0.15, -0.1) is 11.3 Å². The lowest BCUT2D eigenvalue weighted by Crippen LogP contribution is -2.10. The monoisotopic (exact) mass is 310 g/mol. The zero-order valence-corrected chi connectivity index (χ0v) is 12.5. The van der Waals surface area contributed by atoms with Crippen LogP contribution in [0.3, 0.4) is 0 Å². The molecule has 1 aromatic carbocycles. The number of pyridine rings is 1. The molecule has 2 aromatic heterocycles. The predicted molar refractivity (Wildman–Crippen MR) is 92.4 cm³/mol. The number of nitrogen functional groups attached to an aromatic ring is 1. The molecule has 0 fully saturated rings. The fourth-order valence-electron chi connectivity index (χ4n) is 2.27. The summed E-state index contributed by atoms with van der Waals surface area (Å²) in [6.07, 6.45) is 3.44. The van der Waals surface area contributed by atoms with Crippen LogP contribution in [0.15, 0.2) is 43.1 Å². The van der Waals surface area contributed by atoms with Crippen molar-refractivity contribution in [2.45, 2.75) is 0 Å². The van der Waals surface area contributed by atoms with Crippen molar-refractivity contribution in [1.82, 2.24) is 4.98 Å². The Morgan fingerprint density at radius 1 is 1.27 bits per heavy atom. The maximum atomic E-state index is 11.5. The Morgan fingerprint density at radius 2 is 2.05 bits per heavy atom. The molecule has 2 heterocycles. The number of rotatable bonds is 4. The summed E-state index contributed by atoms with van der Waals surface area (Å²) in [5.41, 5.74) is 14.4. The molecule has 0 aliphatic rings. The molecule has 1 amide bonds. The molecule has 0 aliphatic heterocycles. The number of hydrogen-bond acceptors (Lipinski definition) is 5. The third kappa shape index (κ3) is 2.29. The number of thiophene rings is 1. The summed E-state index contributed by atoms with van der Waals surface area (Å²) in [6.45, 7) is 3.80. The number of para-hydroxylation sites is 1. The quantitative estimate of drug-likeness (QED) is 0.688. The van der Waals surface area contributed by atoms with E-state index in [0.29, 0.717) is 20.8 Å². The number of nitrogens with one attached hydrogen (secondary N) is 1. The summed E-state index contributed by atoms with van der Waals surface area (Å²) in [5.74, 6) is -0.544. The Kier molecular flexibility index (Phi) is 3.52. The van der Waals surface area contributed by atoms with Gasteiger partial charge in [-0.2, -0.15) is 0 Å². The van der Waals surface area contributed by atoms with Crippen molar-refractivity contribution in [3.05, 3.63) is 53.5 Å². The molecule has 0 spiro atoms. The van der Waals surface area contributed by atoms with E-state index in [4.69, 9.17) is 11.5 Å². The normalized spacial score (nSPS) is 10.5. The lowest BCUT2D eigenvalue weighted by molar-refractivity contribution is 0.100. The van der Waals surface area contributed by atoms with Gasteiger partial charge in [-0.1, -0.05) is 30.9 Å². The van der Waals surface area contributed by atoms with Crippen LogP contribution >= 0.6 is 11.3 Å². The number of fused-ring (bicyclic) bond motifs is 1. The van der Waals surface area contributed by atoms with E-state index in [1.165, 1.54) is 11.3 Å². The maximum Gasteiger partial charge on any atom is 0.260 e. The van der Waals surface area contributed by atoms with Crippen molar-refractivity contribution >= 4 is 50.6 Å². The van der Waals surface area contributed by atoms with Gasteiger partial charge in [0.05, 0.1) is 16.8 Å². The predicted octanol–water partition coefficient (Wildman–Crippen LogP) is 3.36. The number of nitrogens with two attached hydrogens (primary N) is 2. The number of hydrogen-bond donors (Lipinski definition) is 3. The summed E-state index contributed by atoms with van der Waals surface area (Å²) in [7, 11) is 0. The average Bonchev–Trinajstić information content (AvgIpc) is 2.86. The highest BCUT2D eigenvalue weighted by atomic mass is 32.1. The van der Waals surface area contributed by atoms with Crippen LogP contribution in [0.25, 0.3) is 16.3 Å². The Balaban J connectivity index is 2.15. The van der Waals surface area contributed by atoms with Gasteiger partial charge in [-0.05, 0) is 17.7 Å². The Labute approximate surface area is 131 Å². The van der Waals surface area contributed by atoms with Gasteiger partial charge in [0.1, 0.15) is 9.71 Å². The average molecular weight is 310 g/mol. The van der Waals surface area contributed by atoms with Crippen LogP contribution in [0.5, 0.6) is 0 Å². The first-order valence-corrected chi connectivity index (χ1v) is 7.38. The topological polar surface area (TPSA) is 94.0 Å². The molecule has 110 valence electrons. The smallest absolute Gasteiger partial charge is 0.260 e. The summed E-state index contributed by atoms with van der Waals surface area (Å²) in [4.78, 5) is 16.7. The van der Waals surface area contributed by atoms with E-state index in [9.17, 15) is 4.79 Å². The Morgan fingerprint density at radius 3 is 2.77 bits per heavy atom. The molecular formula is C16H14N4OS. The van der Waals surface area contributed by atoms with E-state index in [1.54, 1.807) is 12.3 Å². The molecule has 5 N–H and O–H groups in total. The van der Waals surface area contributed by atoms with Gasteiger partial charge >= 0.3 is 0 Å². The lowest BCUT2D eigenvalue weighted by Gasteiger charge is -2.11. The first-order chi connectivity index (χ1) is 10.6. The summed E-state index contributed by atoms with van der Waals surface area (Å²) < 4.78 is 0. The Hall–Kier alpha value is -2.86. The molecular weight excluding hydrogens is 296 g/mol. The van der Waals surface area contributed by atoms with Crippen LogP contribution in [0.1, 0.15) is 15.2 Å². The number of benzene rings is 1. The maximum absolute atomic E-state index is 11.5. The molecule has 0 aliphatic carbocycles. The minimum Gasteiger partial charge on any atom is -0.397 e. The fraction of sp³-hybridized carbons (Fsp3) is 0.